The lowest BCUT2D eigenvalue weighted by atomic mass is 9.90. The number of ether oxygens (including phenoxy) is 1. The first-order chi connectivity index (χ1) is 9.59. The molecule has 6 heteroatoms. The van der Waals surface area contributed by atoms with E-state index in [2.05, 4.69) is 0 Å². The number of allylic oxidation sites excluding steroid dienone is 2. The van der Waals surface area contributed by atoms with E-state index in [0.717, 1.165) is 0 Å². The van der Waals surface area contributed by atoms with Gasteiger partial charge >= 0.3 is 0 Å². The van der Waals surface area contributed by atoms with Crippen molar-refractivity contribution in [2.45, 2.75) is 0 Å². The van der Waals surface area contributed by atoms with Gasteiger partial charge in [-0.05, 0) is 12.1 Å². The summed E-state index contributed by atoms with van der Waals surface area (Å²) < 4.78 is 5.21. The molecule has 1 aromatic carbocycles. The third-order valence-corrected chi connectivity index (χ3v) is 3.49. The van der Waals surface area contributed by atoms with Gasteiger partial charge in [-0.3, -0.25) is 9.59 Å². The van der Waals surface area contributed by atoms with E-state index in [-0.39, 0.29) is 28.3 Å². The van der Waals surface area contributed by atoms with Gasteiger partial charge in [-0.15, -0.1) is 0 Å². The molecule has 0 unspecified atom stereocenters. The number of carbonyl (C=O) groups excluding carboxylic acids is 2. The summed E-state index contributed by atoms with van der Waals surface area (Å²) in [5, 5.41) is 19.5. The van der Waals surface area contributed by atoms with Crippen molar-refractivity contribution in [3.05, 3.63) is 35.0 Å². The number of carbonyl (C=O) groups is 2. The lowest BCUT2D eigenvalue weighted by Gasteiger charge is -2.31. The average Bonchev–Trinajstić information content (AvgIpc) is 2.46. The zero-order valence-corrected chi connectivity index (χ0v) is 10.6. The number of hydrogen-bond acceptors (Lipinski definition) is 6. The summed E-state index contributed by atoms with van der Waals surface area (Å²) >= 11 is 0. The Morgan fingerprint density at radius 2 is 1.60 bits per heavy atom. The quantitative estimate of drug-likeness (QED) is 0.733. The van der Waals surface area contributed by atoms with Crippen LogP contribution >= 0.6 is 0 Å². The van der Waals surface area contributed by atoms with E-state index < -0.39 is 11.6 Å². The maximum Gasteiger partial charge on any atom is 0.213 e. The summed E-state index contributed by atoms with van der Waals surface area (Å²) in [4.78, 5) is 26.3. The Balaban J connectivity index is 2.08. The standard InChI is InChI=1S/C14H13NO5/c16-9-1-2-10(17)13-12(9)11(18)7-8(14(13)19)15-3-5-20-6-4-15/h1-2,7,16-17H,3-6H2. The highest BCUT2D eigenvalue weighted by molar-refractivity contribution is 6.26. The van der Waals surface area contributed by atoms with Crippen LogP contribution in [0.2, 0.25) is 0 Å². The minimum Gasteiger partial charge on any atom is -0.507 e. The number of ketones is 2. The highest BCUT2D eigenvalue weighted by atomic mass is 16.5. The molecule has 1 aliphatic carbocycles. The summed E-state index contributed by atoms with van der Waals surface area (Å²) in [5.74, 6) is -1.52. The summed E-state index contributed by atoms with van der Waals surface area (Å²) in [5.41, 5.74) is -0.0160. The normalized spacial score (nSPS) is 18.8. The van der Waals surface area contributed by atoms with E-state index >= 15 is 0 Å². The lowest BCUT2D eigenvalue weighted by molar-refractivity contribution is 0.0500. The van der Waals surface area contributed by atoms with Crippen molar-refractivity contribution in [2.24, 2.45) is 0 Å². The minimum absolute atomic E-state index is 0.126. The van der Waals surface area contributed by atoms with Gasteiger partial charge < -0.3 is 19.8 Å². The van der Waals surface area contributed by atoms with Crippen molar-refractivity contribution in [1.29, 1.82) is 0 Å². The van der Waals surface area contributed by atoms with E-state index in [1.165, 1.54) is 18.2 Å². The molecular weight excluding hydrogens is 262 g/mol. The lowest BCUT2D eigenvalue weighted by Crippen LogP contribution is -2.39. The highest BCUT2D eigenvalue weighted by Gasteiger charge is 2.33. The number of rotatable bonds is 1. The maximum atomic E-state index is 12.5. The van der Waals surface area contributed by atoms with Crippen molar-refractivity contribution >= 4 is 11.6 Å². The second kappa shape index (κ2) is 4.64. The Morgan fingerprint density at radius 1 is 1.00 bits per heavy atom. The second-order valence-corrected chi connectivity index (χ2v) is 4.68. The van der Waals surface area contributed by atoms with Crippen molar-refractivity contribution < 1.29 is 24.5 Å². The zero-order valence-electron chi connectivity index (χ0n) is 10.6. The summed E-state index contributed by atoms with van der Waals surface area (Å²) in [6, 6.07) is 2.41. The largest absolute Gasteiger partial charge is 0.507 e. The van der Waals surface area contributed by atoms with E-state index in [9.17, 15) is 19.8 Å². The third-order valence-electron chi connectivity index (χ3n) is 3.49. The Kier molecular flexibility index (Phi) is 2.94. The number of fused-ring (bicyclic) bond motifs is 1. The molecule has 2 N–H and O–H groups in total. The molecule has 0 radical (unpaired) electrons. The van der Waals surface area contributed by atoms with Gasteiger partial charge in [0.15, 0.2) is 5.78 Å². The van der Waals surface area contributed by atoms with Gasteiger partial charge in [0.05, 0.1) is 30.0 Å². The van der Waals surface area contributed by atoms with Crippen LogP contribution in [0.15, 0.2) is 23.9 Å². The molecule has 0 spiro atoms. The first-order valence-corrected chi connectivity index (χ1v) is 6.28. The van der Waals surface area contributed by atoms with Gasteiger partial charge in [-0.1, -0.05) is 0 Å². The molecule has 1 aliphatic heterocycles. The molecule has 1 heterocycles. The predicted molar refractivity (Wildman–Crippen MR) is 68.9 cm³/mol. The molecule has 2 aliphatic rings. The van der Waals surface area contributed by atoms with Gasteiger partial charge in [0.2, 0.25) is 5.78 Å². The fourth-order valence-electron chi connectivity index (χ4n) is 2.49. The Labute approximate surface area is 114 Å². The van der Waals surface area contributed by atoms with Gasteiger partial charge in [-0.25, -0.2) is 0 Å². The van der Waals surface area contributed by atoms with Crippen molar-refractivity contribution in [3.63, 3.8) is 0 Å². The van der Waals surface area contributed by atoms with Crippen LogP contribution in [0.1, 0.15) is 20.7 Å². The molecule has 0 saturated carbocycles. The highest BCUT2D eigenvalue weighted by Crippen LogP contribution is 2.35. The van der Waals surface area contributed by atoms with Crippen LogP contribution in [0.3, 0.4) is 0 Å². The molecule has 3 rings (SSSR count). The van der Waals surface area contributed by atoms with Crippen LogP contribution in [-0.2, 0) is 4.74 Å². The first kappa shape index (κ1) is 12.7. The fraction of sp³-hybridized carbons (Fsp3) is 0.286. The van der Waals surface area contributed by atoms with E-state index in [1.807, 2.05) is 0 Å². The maximum absolute atomic E-state index is 12.5. The Hall–Kier alpha value is -2.34. The molecule has 1 fully saturated rings. The van der Waals surface area contributed by atoms with Crippen molar-refractivity contribution in [1.82, 2.24) is 4.90 Å². The molecule has 104 valence electrons. The minimum atomic E-state index is -0.477. The van der Waals surface area contributed by atoms with Crippen LogP contribution in [-0.4, -0.2) is 53.0 Å². The Morgan fingerprint density at radius 3 is 2.25 bits per heavy atom. The van der Waals surface area contributed by atoms with Crippen LogP contribution in [0.25, 0.3) is 0 Å². The molecule has 1 aromatic rings. The molecule has 6 nitrogen and oxygen atoms in total. The Bertz CT molecular complexity index is 629. The third kappa shape index (κ3) is 1.85. The van der Waals surface area contributed by atoms with Gasteiger partial charge in [0, 0.05) is 19.2 Å². The molecule has 0 amide bonds. The van der Waals surface area contributed by atoms with Crippen LogP contribution in [0, 0.1) is 0 Å². The number of phenolic OH excluding ortho intramolecular Hbond substituents is 2. The zero-order chi connectivity index (χ0) is 14.3. The van der Waals surface area contributed by atoms with Crippen molar-refractivity contribution in [3.8, 4) is 11.5 Å². The SMILES string of the molecule is O=C1C=C(N2CCOCC2)C(=O)c2c(O)ccc(O)c21. The fourth-order valence-corrected chi connectivity index (χ4v) is 2.49. The first-order valence-electron chi connectivity index (χ1n) is 6.28. The van der Waals surface area contributed by atoms with Crippen LogP contribution in [0.4, 0.5) is 0 Å². The van der Waals surface area contributed by atoms with Crippen molar-refractivity contribution in [2.75, 3.05) is 26.3 Å². The number of hydrogen-bond donors (Lipinski definition) is 2. The van der Waals surface area contributed by atoms with Crippen LogP contribution in [0.5, 0.6) is 11.5 Å². The molecule has 1 saturated heterocycles. The smallest absolute Gasteiger partial charge is 0.213 e. The predicted octanol–water partition coefficient (Wildman–Crippen LogP) is 0.693. The number of aromatic hydroxyl groups is 2. The van der Waals surface area contributed by atoms with E-state index in [1.54, 1.807) is 4.90 Å². The summed E-state index contributed by atoms with van der Waals surface area (Å²) in [6.07, 6.45) is 1.22. The monoisotopic (exact) mass is 275 g/mol. The topological polar surface area (TPSA) is 87.1 Å². The molecule has 0 aromatic heterocycles. The summed E-state index contributed by atoms with van der Waals surface area (Å²) in [7, 11) is 0. The van der Waals surface area contributed by atoms with Gasteiger partial charge in [-0.2, -0.15) is 0 Å². The summed E-state index contributed by atoms with van der Waals surface area (Å²) in [6.45, 7) is 1.99. The van der Waals surface area contributed by atoms with E-state index in [0.29, 0.717) is 26.3 Å². The number of nitrogens with zero attached hydrogens (tertiary/aromatic N) is 1. The average molecular weight is 275 g/mol. The molecule has 0 atom stereocenters. The van der Waals surface area contributed by atoms with Crippen LogP contribution < -0.4 is 0 Å². The molecule has 0 bridgehead atoms. The molecular formula is C14H13NO5. The number of benzene rings is 1. The number of phenols is 2. The van der Waals surface area contributed by atoms with E-state index in [4.69, 9.17) is 4.74 Å². The van der Waals surface area contributed by atoms with Gasteiger partial charge in [0.25, 0.3) is 0 Å². The second-order valence-electron chi connectivity index (χ2n) is 4.68. The number of Topliss-reactive ketones (excluding diaryl/α,β-unsaturated/α-hetero) is 1. The van der Waals surface area contributed by atoms with Gasteiger partial charge in [0.1, 0.15) is 11.5 Å². The molecule has 20 heavy (non-hydrogen) atoms. The number of morpholine rings is 1.